The number of hydrogen-bond donors (Lipinski definition) is 4. The summed E-state index contributed by atoms with van der Waals surface area (Å²) < 4.78 is 2.00. The van der Waals surface area contributed by atoms with Gasteiger partial charge in [0.25, 0.3) is 5.91 Å². The first-order chi connectivity index (χ1) is 13.5. The monoisotopic (exact) mass is 380 g/mol. The molecule has 1 aliphatic heterocycles. The van der Waals surface area contributed by atoms with Gasteiger partial charge in [-0.05, 0) is 24.6 Å². The number of fused-ring (bicyclic) bond motifs is 1. The van der Waals surface area contributed by atoms with Gasteiger partial charge >= 0.3 is 0 Å². The van der Waals surface area contributed by atoms with Crippen LogP contribution in [0.2, 0.25) is 0 Å². The maximum Gasteiger partial charge on any atom is 0.273 e. The van der Waals surface area contributed by atoms with Gasteiger partial charge in [0.15, 0.2) is 11.5 Å². The number of carbonyl (C=O) groups excluding carboxylic acids is 2. The summed E-state index contributed by atoms with van der Waals surface area (Å²) in [6.07, 6.45) is 3.21. The molecule has 0 bridgehead atoms. The third-order valence-corrected chi connectivity index (χ3v) is 4.69. The molecule has 1 fully saturated rings. The summed E-state index contributed by atoms with van der Waals surface area (Å²) >= 11 is 0. The standard InChI is InChI=1S/C18H20N8O2/c1-26-8-7-11-12(3-2-4-13(11)26)22-17-15(16(19)28)24-25-18(23-17)20-9-10-5-6-14(27)21-10/h2-4,7-8,10H,5-6,9H2,1H3,(H2,19,28)(H,21,27)(H2,20,22,23,25). The maximum atomic E-state index is 11.8. The third kappa shape index (κ3) is 3.43. The van der Waals surface area contributed by atoms with Gasteiger partial charge in [-0.15, -0.1) is 10.2 Å². The molecule has 2 aromatic heterocycles. The number of hydrogen-bond acceptors (Lipinski definition) is 7. The van der Waals surface area contributed by atoms with E-state index in [1.54, 1.807) is 0 Å². The highest BCUT2D eigenvalue weighted by atomic mass is 16.2. The van der Waals surface area contributed by atoms with E-state index in [2.05, 4.69) is 31.1 Å². The van der Waals surface area contributed by atoms with Crippen molar-refractivity contribution in [2.45, 2.75) is 18.9 Å². The van der Waals surface area contributed by atoms with Crippen LogP contribution in [0.15, 0.2) is 30.5 Å². The molecule has 1 atom stereocenters. The second kappa shape index (κ2) is 7.14. The van der Waals surface area contributed by atoms with Crippen molar-refractivity contribution in [2.24, 2.45) is 12.8 Å². The van der Waals surface area contributed by atoms with Crippen LogP contribution in [0.5, 0.6) is 0 Å². The fraction of sp³-hybridized carbons (Fsp3) is 0.278. The average molecular weight is 380 g/mol. The molecule has 1 unspecified atom stereocenters. The van der Waals surface area contributed by atoms with Crippen LogP contribution in [-0.4, -0.2) is 44.1 Å². The summed E-state index contributed by atoms with van der Waals surface area (Å²) in [4.78, 5) is 27.4. The summed E-state index contributed by atoms with van der Waals surface area (Å²) in [6.45, 7) is 0.469. The van der Waals surface area contributed by atoms with Gasteiger partial charge in [0.2, 0.25) is 11.9 Å². The van der Waals surface area contributed by atoms with E-state index in [9.17, 15) is 9.59 Å². The molecular formula is C18H20N8O2. The van der Waals surface area contributed by atoms with E-state index in [4.69, 9.17) is 5.73 Å². The van der Waals surface area contributed by atoms with Crippen molar-refractivity contribution in [1.82, 2.24) is 25.1 Å². The molecule has 5 N–H and O–H groups in total. The van der Waals surface area contributed by atoms with Crippen LogP contribution in [0, 0.1) is 0 Å². The molecule has 0 saturated carbocycles. The molecular weight excluding hydrogens is 360 g/mol. The number of aryl methyl sites for hydroxylation is 1. The predicted octanol–water partition coefficient (Wildman–Crippen LogP) is 0.896. The number of anilines is 3. The minimum absolute atomic E-state index is 0.0152. The number of nitrogens with zero attached hydrogens (tertiary/aromatic N) is 4. The minimum atomic E-state index is -0.725. The van der Waals surface area contributed by atoms with E-state index in [-0.39, 0.29) is 29.4 Å². The average Bonchev–Trinajstić information content (AvgIpc) is 3.26. The summed E-state index contributed by atoms with van der Waals surface area (Å²) in [7, 11) is 1.96. The first-order valence-electron chi connectivity index (χ1n) is 8.90. The smallest absolute Gasteiger partial charge is 0.273 e. The molecule has 0 radical (unpaired) electrons. The number of nitrogens with one attached hydrogen (secondary N) is 3. The van der Waals surface area contributed by atoms with Crippen LogP contribution >= 0.6 is 0 Å². The number of rotatable bonds is 6. The van der Waals surface area contributed by atoms with Crippen LogP contribution in [0.4, 0.5) is 17.5 Å². The van der Waals surface area contributed by atoms with Crippen molar-refractivity contribution in [1.29, 1.82) is 0 Å². The molecule has 10 heteroatoms. The number of aromatic nitrogens is 4. The predicted molar refractivity (Wildman–Crippen MR) is 104 cm³/mol. The zero-order valence-electron chi connectivity index (χ0n) is 15.3. The highest BCUT2D eigenvalue weighted by molar-refractivity contribution is 5.99. The lowest BCUT2D eigenvalue weighted by Crippen LogP contribution is -2.32. The quantitative estimate of drug-likeness (QED) is 0.498. The van der Waals surface area contributed by atoms with Gasteiger partial charge in [-0.25, -0.2) is 0 Å². The number of nitrogens with two attached hydrogens (primary N) is 1. The summed E-state index contributed by atoms with van der Waals surface area (Å²) in [6, 6.07) is 7.78. The Balaban J connectivity index is 1.60. The van der Waals surface area contributed by atoms with Crippen molar-refractivity contribution < 1.29 is 9.59 Å². The lowest BCUT2D eigenvalue weighted by molar-refractivity contribution is -0.119. The van der Waals surface area contributed by atoms with E-state index >= 15 is 0 Å². The Hall–Kier alpha value is -3.69. The van der Waals surface area contributed by atoms with Crippen LogP contribution in [-0.2, 0) is 11.8 Å². The Morgan fingerprint density at radius 2 is 2.21 bits per heavy atom. The van der Waals surface area contributed by atoms with Crippen molar-refractivity contribution in [3.8, 4) is 0 Å². The Bertz CT molecular complexity index is 1060. The van der Waals surface area contributed by atoms with Gasteiger partial charge in [-0.1, -0.05) is 6.07 Å². The minimum Gasteiger partial charge on any atom is -0.364 e. The SMILES string of the molecule is Cn1ccc2c(Nc3nc(NCC4CCC(=O)N4)nnc3C(N)=O)cccc21. The van der Waals surface area contributed by atoms with Crippen LogP contribution in [0.25, 0.3) is 10.9 Å². The fourth-order valence-electron chi connectivity index (χ4n) is 3.24. The molecule has 2 amide bonds. The van der Waals surface area contributed by atoms with E-state index in [0.29, 0.717) is 13.0 Å². The molecule has 28 heavy (non-hydrogen) atoms. The Morgan fingerprint density at radius 3 is 2.96 bits per heavy atom. The van der Waals surface area contributed by atoms with Crippen molar-refractivity contribution in [3.63, 3.8) is 0 Å². The summed E-state index contributed by atoms with van der Waals surface area (Å²) in [5.74, 6) is -0.226. The van der Waals surface area contributed by atoms with Crippen LogP contribution in [0.3, 0.4) is 0 Å². The molecule has 3 aromatic rings. The van der Waals surface area contributed by atoms with E-state index < -0.39 is 5.91 Å². The Morgan fingerprint density at radius 1 is 1.36 bits per heavy atom. The van der Waals surface area contributed by atoms with Gasteiger partial charge in [-0.2, -0.15) is 4.98 Å². The van der Waals surface area contributed by atoms with Crippen molar-refractivity contribution in [2.75, 3.05) is 17.2 Å². The van der Waals surface area contributed by atoms with Gasteiger partial charge in [-0.3, -0.25) is 9.59 Å². The number of primary amides is 1. The molecule has 0 aliphatic carbocycles. The number of carbonyl (C=O) groups is 2. The van der Waals surface area contributed by atoms with E-state index in [1.165, 1.54) is 0 Å². The van der Waals surface area contributed by atoms with Crippen molar-refractivity contribution >= 4 is 40.2 Å². The highest BCUT2D eigenvalue weighted by Crippen LogP contribution is 2.27. The first-order valence-corrected chi connectivity index (χ1v) is 8.90. The second-order valence-corrected chi connectivity index (χ2v) is 6.67. The topological polar surface area (TPSA) is 140 Å². The number of benzene rings is 1. The van der Waals surface area contributed by atoms with Crippen LogP contribution < -0.4 is 21.7 Å². The lowest BCUT2D eigenvalue weighted by Gasteiger charge is -2.13. The molecule has 1 aliphatic rings. The maximum absolute atomic E-state index is 11.8. The van der Waals surface area contributed by atoms with Gasteiger partial charge < -0.3 is 26.3 Å². The fourth-order valence-corrected chi connectivity index (χ4v) is 3.24. The zero-order valence-corrected chi connectivity index (χ0v) is 15.3. The Kier molecular flexibility index (Phi) is 4.52. The zero-order chi connectivity index (χ0) is 19.7. The molecule has 4 rings (SSSR count). The first kappa shape index (κ1) is 17.7. The second-order valence-electron chi connectivity index (χ2n) is 6.67. The van der Waals surface area contributed by atoms with Gasteiger partial charge in [0.1, 0.15) is 0 Å². The summed E-state index contributed by atoms with van der Waals surface area (Å²) in [5, 5.41) is 17.9. The van der Waals surface area contributed by atoms with Crippen LogP contribution in [0.1, 0.15) is 23.3 Å². The van der Waals surface area contributed by atoms with E-state index in [1.807, 2.05) is 42.1 Å². The largest absolute Gasteiger partial charge is 0.364 e. The highest BCUT2D eigenvalue weighted by Gasteiger charge is 2.21. The molecule has 1 saturated heterocycles. The Labute approximate surface area is 160 Å². The van der Waals surface area contributed by atoms with Gasteiger partial charge in [0, 0.05) is 48.8 Å². The third-order valence-electron chi connectivity index (χ3n) is 4.69. The van der Waals surface area contributed by atoms with E-state index in [0.717, 1.165) is 23.0 Å². The molecule has 0 spiro atoms. The number of amides is 2. The molecule has 10 nitrogen and oxygen atoms in total. The molecule has 144 valence electrons. The molecule has 1 aromatic carbocycles. The van der Waals surface area contributed by atoms with Crippen molar-refractivity contribution in [3.05, 3.63) is 36.2 Å². The van der Waals surface area contributed by atoms with Gasteiger partial charge in [0.05, 0.1) is 0 Å². The lowest BCUT2D eigenvalue weighted by atomic mass is 10.2. The molecule has 3 heterocycles. The summed E-state index contributed by atoms with van der Waals surface area (Å²) in [5.41, 5.74) is 7.19. The normalized spacial score (nSPS) is 16.2.